The van der Waals surface area contributed by atoms with Gasteiger partial charge in [-0.25, -0.2) is 0 Å². The number of hydrogen-bond donors (Lipinski definition) is 2. The van der Waals surface area contributed by atoms with Gasteiger partial charge in [0, 0.05) is 0 Å². The Labute approximate surface area is 131 Å². The lowest BCUT2D eigenvalue weighted by molar-refractivity contribution is -0.187. The zero-order chi connectivity index (χ0) is 15.7. The summed E-state index contributed by atoms with van der Waals surface area (Å²) in [6.07, 6.45) is 3.69. The second-order valence-electron chi connectivity index (χ2n) is 7.05. The average Bonchev–Trinajstić information content (AvgIpc) is 3.13. The molecule has 0 aliphatic carbocycles. The molecule has 6 atom stereocenters. The summed E-state index contributed by atoms with van der Waals surface area (Å²) in [6.45, 7) is 4.16. The fourth-order valence-electron chi connectivity index (χ4n) is 3.69. The highest BCUT2D eigenvalue weighted by atomic mass is 16.7. The van der Waals surface area contributed by atoms with Crippen molar-refractivity contribution in [2.75, 3.05) is 13.2 Å². The number of aliphatic hydroxyl groups is 2. The molecule has 6 heteroatoms. The lowest BCUT2D eigenvalue weighted by Crippen LogP contribution is -2.43. The Morgan fingerprint density at radius 1 is 1.00 bits per heavy atom. The second-order valence-corrected chi connectivity index (χ2v) is 7.05. The molecule has 3 aliphatic heterocycles. The Bertz CT molecular complexity index is 374. The van der Waals surface area contributed by atoms with Crippen molar-refractivity contribution in [2.24, 2.45) is 0 Å². The smallest absolute Gasteiger partial charge is 0.163 e. The highest BCUT2D eigenvalue weighted by Gasteiger charge is 2.43. The lowest BCUT2D eigenvalue weighted by Gasteiger charge is -2.36. The third-order valence-corrected chi connectivity index (χ3v) is 4.89. The summed E-state index contributed by atoms with van der Waals surface area (Å²) >= 11 is 0. The minimum atomic E-state index is -0.795. The first-order valence-electron chi connectivity index (χ1n) is 8.40. The molecular formula is C16H28O6. The van der Waals surface area contributed by atoms with Crippen molar-refractivity contribution in [3.8, 4) is 0 Å². The summed E-state index contributed by atoms with van der Waals surface area (Å²) < 4.78 is 23.7. The number of hydrogen-bond acceptors (Lipinski definition) is 6. The molecule has 0 unspecified atom stereocenters. The Hall–Kier alpha value is -0.240. The van der Waals surface area contributed by atoms with Crippen molar-refractivity contribution >= 4 is 0 Å². The third kappa shape index (κ3) is 3.63. The van der Waals surface area contributed by atoms with E-state index in [0.29, 0.717) is 6.61 Å². The molecule has 3 saturated heterocycles. The van der Waals surface area contributed by atoms with Crippen LogP contribution in [-0.2, 0) is 18.9 Å². The molecule has 3 rings (SSSR count). The summed E-state index contributed by atoms with van der Waals surface area (Å²) in [5.74, 6) is -0.527. The Balaban J connectivity index is 1.53. The van der Waals surface area contributed by atoms with Gasteiger partial charge in [0.15, 0.2) is 5.79 Å². The highest BCUT2D eigenvalue weighted by molar-refractivity contribution is 4.89. The highest BCUT2D eigenvalue weighted by Crippen LogP contribution is 2.35. The van der Waals surface area contributed by atoms with Crippen molar-refractivity contribution in [2.45, 2.75) is 88.4 Å². The van der Waals surface area contributed by atoms with E-state index < -0.39 is 11.9 Å². The van der Waals surface area contributed by atoms with Crippen LogP contribution in [0.1, 0.15) is 46.0 Å². The molecule has 22 heavy (non-hydrogen) atoms. The zero-order valence-corrected chi connectivity index (χ0v) is 13.4. The predicted molar refractivity (Wildman–Crippen MR) is 78.4 cm³/mol. The molecule has 0 spiro atoms. The van der Waals surface area contributed by atoms with E-state index in [1.54, 1.807) is 0 Å². The van der Waals surface area contributed by atoms with Gasteiger partial charge >= 0.3 is 0 Å². The summed E-state index contributed by atoms with van der Waals surface area (Å²) in [6, 6.07) is 0. The van der Waals surface area contributed by atoms with Crippen LogP contribution in [0.2, 0.25) is 0 Å². The monoisotopic (exact) mass is 316 g/mol. The topological polar surface area (TPSA) is 77.4 Å². The molecule has 2 N–H and O–H groups in total. The number of aliphatic hydroxyl groups excluding tert-OH is 2. The minimum absolute atomic E-state index is 0.00401. The maximum atomic E-state index is 9.70. The van der Waals surface area contributed by atoms with Gasteiger partial charge in [0.25, 0.3) is 0 Å². The summed E-state index contributed by atoms with van der Waals surface area (Å²) in [4.78, 5) is 0. The number of rotatable bonds is 4. The molecule has 0 aromatic heterocycles. The maximum Gasteiger partial charge on any atom is 0.163 e. The fraction of sp³-hybridized carbons (Fsp3) is 1.00. The lowest BCUT2D eigenvalue weighted by atomic mass is 9.96. The van der Waals surface area contributed by atoms with E-state index in [4.69, 9.17) is 24.1 Å². The van der Waals surface area contributed by atoms with Gasteiger partial charge in [-0.3, -0.25) is 0 Å². The molecule has 0 amide bonds. The van der Waals surface area contributed by atoms with E-state index in [0.717, 1.165) is 32.1 Å². The predicted octanol–water partition coefficient (Wildman–Crippen LogP) is 0.976. The molecule has 3 aliphatic rings. The van der Waals surface area contributed by atoms with E-state index in [2.05, 4.69) is 0 Å². The molecule has 3 heterocycles. The Morgan fingerprint density at radius 3 is 2.32 bits per heavy atom. The van der Waals surface area contributed by atoms with Gasteiger partial charge < -0.3 is 29.2 Å². The number of ether oxygens (including phenoxy) is 4. The molecule has 6 nitrogen and oxygen atoms in total. The molecule has 0 radical (unpaired) electrons. The Kier molecular flexibility index (Phi) is 5.07. The van der Waals surface area contributed by atoms with Crippen LogP contribution in [0.25, 0.3) is 0 Å². The van der Waals surface area contributed by atoms with Crippen LogP contribution >= 0.6 is 0 Å². The molecule has 0 saturated carbocycles. The van der Waals surface area contributed by atoms with Gasteiger partial charge in [-0.15, -0.1) is 0 Å². The van der Waals surface area contributed by atoms with Crippen LogP contribution in [0.5, 0.6) is 0 Å². The SMILES string of the molecule is CC1(C)OC[C@H]([C@@H]2CCC[C@H]([C@H]3CC[C@H]([C@@H](O)CO)O3)O2)O1. The first-order valence-corrected chi connectivity index (χ1v) is 8.40. The molecule has 0 bridgehead atoms. The quantitative estimate of drug-likeness (QED) is 0.805. The Morgan fingerprint density at radius 2 is 1.68 bits per heavy atom. The van der Waals surface area contributed by atoms with E-state index in [1.807, 2.05) is 13.8 Å². The summed E-state index contributed by atoms with van der Waals surface area (Å²) in [5.41, 5.74) is 0. The normalized spacial score (nSPS) is 43.4. The van der Waals surface area contributed by atoms with E-state index in [9.17, 15) is 5.11 Å². The fourth-order valence-corrected chi connectivity index (χ4v) is 3.69. The molecule has 0 aromatic carbocycles. The van der Waals surface area contributed by atoms with Gasteiger partial charge in [-0.1, -0.05) is 0 Å². The van der Waals surface area contributed by atoms with Crippen LogP contribution in [0.15, 0.2) is 0 Å². The van der Waals surface area contributed by atoms with Crippen LogP contribution in [0.3, 0.4) is 0 Å². The maximum absolute atomic E-state index is 9.70. The molecule has 128 valence electrons. The van der Waals surface area contributed by atoms with Crippen LogP contribution in [0, 0.1) is 0 Å². The molecule has 3 fully saturated rings. The van der Waals surface area contributed by atoms with Gasteiger partial charge in [0.05, 0.1) is 37.6 Å². The van der Waals surface area contributed by atoms with Gasteiger partial charge in [-0.05, 0) is 46.0 Å². The van der Waals surface area contributed by atoms with Crippen molar-refractivity contribution in [1.82, 2.24) is 0 Å². The first-order chi connectivity index (χ1) is 10.5. The van der Waals surface area contributed by atoms with E-state index in [1.165, 1.54) is 0 Å². The summed E-state index contributed by atoms with van der Waals surface area (Å²) in [7, 11) is 0. The van der Waals surface area contributed by atoms with Crippen molar-refractivity contribution in [1.29, 1.82) is 0 Å². The van der Waals surface area contributed by atoms with Crippen LogP contribution in [-0.4, -0.2) is 65.8 Å². The zero-order valence-electron chi connectivity index (χ0n) is 13.4. The minimum Gasteiger partial charge on any atom is -0.394 e. The molecule has 0 aromatic rings. The van der Waals surface area contributed by atoms with Crippen LogP contribution < -0.4 is 0 Å². The van der Waals surface area contributed by atoms with Gasteiger partial charge in [0.1, 0.15) is 12.2 Å². The van der Waals surface area contributed by atoms with Gasteiger partial charge in [0.2, 0.25) is 0 Å². The van der Waals surface area contributed by atoms with Crippen molar-refractivity contribution < 1.29 is 29.2 Å². The average molecular weight is 316 g/mol. The summed E-state index contributed by atoms with van der Waals surface area (Å²) in [5, 5.41) is 18.7. The van der Waals surface area contributed by atoms with Gasteiger partial charge in [-0.2, -0.15) is 0 Å². The van der Waals surface area contributed by atoms with E-state index in [-0.39, 0.29) is 37.1 Å². The second kappa shape index (κ2) is 6.71. The third-order valence-electron chi connectivity index (χ3n) is 4.89. The largest absolute Gasteiger partial charge is 0.394 e. The first kappa shape index (κ1) is 16.6. The molecular weight excluding hydrogens is 288 g/mol. The van der Waals surface area contributed by atoms with Crippen molar-refractivity contribution in [3.05, 3.63) is 0 Å². The standard InChI is InChI=1S/C16H28O6/c1-16(2)19-9-15(22-16)13-5-3-4-12(21-13)14-7-6-11(20-14)10(18)8-17/h10-15,17-18H,3-9H2,1-2H3/t10-,11+,12+,13-,14+,15+/m0/s1. The van der Waals surface area contributed by atoms with Crippen LogP contribution in [0.4, 0.5) is 0 Å². The van der Waals surface area contributed by atoms with E-state index >= 15 is 0 Å². The van der Waals surface area contributed by atoms with Crippen molar-refractivity contribution in [3.63, 3.8) is 0 Å².